The highest BCUT2D eigenvalue weighted by Gasteiger charge is 2.21. The summed E-state index contributed by atoms with van der Waals surface area (Å²) in [4.78, 5) is 7.30. The van der Waals surface area contributed by atoms with Gasteiger partial charge >= 0.3 is 0 Å². The number of sulfonamides is 1. The Hall–Kier alpha value is 0.0500. The maximum absolute atomic E-state index is 11.9. The number of nitrogens with one attached hydrogen (secondary N) is 1. The van der Waals surface area contributed by atoms with Gasteiger partial charge in [-0.2, -0.15) is 0 Å². The predicted molar refractivity (Wildman–Crippen MR) is 73.0 cm³/mol. The Labute approximate surface area is 118 Å². The van der Waals surface area contributed by atoms with E-state index in [4.69, 9.17) is 4.84 Å². The Bertz CT molecular complexity index is 509. The van der Waals surface area contributed by atoms with E-state index in [-0.39, 0.29) is 4.90 Å². The van der Waals surface area contributed by atoms with E-state index in [1.54, 1.807) is 32.9 Å². The molecular formula is C10H13Br2NO3S. The largest absolute Gasteiger partial charge is 0.281 e. The molecule has 17 heavy (non-hydrogen) atoms. The van der Waals surface area contributed by atoms with E-state index in [2.05, 4.69) is 36.7 Å². The van der Waals surface area contributed by atoms with Crippen molar-refractivity contribution in [3.63, 3.8) is 0 Å². The van der Waals surface area contributed by atoms with Gasteiger partial charge in [0.05, 0.1) is 10.5 Å². The van der Waals surface area contributed by atoms with Gasteiger partial charge in [0, 0.05) is 8.95 Å². The standard InChI is InChI=1S/C10H13Br2NO3S/c1-10(2,3)16-13-17(14,15)9-5-4-7(11)6-8(9)12/h4-6,13H,1-3H3. The molecule has 0 heterocycles. The maximum atomic E-state index is 11.9. The average Bonchev–Trinajstić information content (AvgIpc) is 2.13. The van der Waals surface area contributed by atoms with E-state index < -0.39 is 15.6 Å². The highest BCUT2D eigenvalue weighted by Crippen LogP contribution is 2.25. The first-order chi connectivity index (χ1) is 7.62. The van der Waals surface area contributed by atoms with E-state index in [0.29, 0.717) is 4.47 Å². The summed E-state index contributed by atoms with van der Waals surface area (Å²) in [7, 11) is -3.68. The molecule has 0 unspecified atom stereocenters. The summed E-state index contributed by atoms with van der Waals surface area (Å²) in [6.07, 6.45) is 0. The molecule has 0 spiro atoms. The van der Waals surface area contributed by atoms with Crippen LogP contribution in [0.3, 0.4) is 0 Å². The zero-order chi connectivity index (χ0) is 13.3. The maximum Gasteiger partial charge on any atom is 0.263 e. The van der Waals surface area contributed by atoms with Gasteiger partial charge in [-0.25, -0.2) is 8.42 Å². The number of hydrogen-bond acceptors (Lipinski definition) is 3. The lowest BCUT2D eigenvalue weighted by Crippen LogP contribution is -2.33. The minimum atomic E-state index is -3.68. The molecule has 0 aliphatic carbocycles. The molecule has 7 heteroatoms. The molecule has 96 valence electrons. The summed E-state index contributed by atoms with van der Waals surface area (Å²) in [5, 5.41) is 0. The van der Waals surface area contributed by atoms with Crippen LogP contribution in [0.15, 0.2) is 32.0 Å². The third-order valence-electron chi connectivity index (χ3n) is 1.64. The molecule has 1 rings (SSSR count). The highest BCUT2D eigenvalue weighted by molar-refractivity contribution is 9.11. The van der Waals surface area contributed by atoms with Crippen molar-refractivity contribution in [2.45, 2.75) is 31.3 Å². The third kappa shape index (κ3) is 4.67. The average molecular weight is 387 g/mol. The van der Waals surface area contributed by atoms with Crippen LogP contribution in [0.25, 0.3) is 0 Å². The fourth-order valence-electron chi connectivity index (χ4n) is 0.918. The van der Waals surface area contributed by atoms with Crippen LogP contribution in [-0.2, 0) is 14.9 Å². The van der Waals surface area contributed by atoms with Gasteiger partial charge in [0.1, 0.15) is 0 Å². The van der Waals surface area contributed by atoms with E-state index in [1.807, 2.05) is 0 Å². The molecule has 0 saturated heterocycles. The molecule has 0 aliphatic rings. The Balaban J connectivity index is 2.98. The van der Waals surface area contributed by atoms with Crippen LogP contribution in [-0.4, -0.2) is 14.0 Å². The second-order valence-electron chi connectivity index (χ2n) is 4.38. The molecule has 0 amide bonds. The van der Waals surface area contributed by atoms with Crippen LogP contribution in [0.5, 0.6) is 0 Å². The zero-order valence-corrected chi connectivity index (χ0v) is 13.6. The van der Waals surface area contributed by atoms with Crippen LogP contribution < -0.4 is 4.89 Å². The molecule has 0 aromatic heterocycles. The summed E-state index contributed by atoms with van der Waals surface area (Å²) >= 11 is 6.46. The molecule has 1 aromatic carbocycles. The summed E-state index contributed by atoms with van der Waals surface area (Å²) in [6, 6.07) is 4.80. The molecule has 1 aromatic rings. The zero-order valence-electron chi connectivity index (χ0n) is 9.62. The number of hydrogen-bond donors (Lipinski definition) is 1. The van der Waals surface area contributed by atoms with Crippen LogP contribution >= 0.6 is 31.9 Å². The monoisotopic (exact) mass is 385 g/mol. The normalized spacial score (nSPS) is 12.8. The smallest absolute Gasteiger partial charge is 0.263 e. The van der Waals surface area contributed by atoms with E-state index in [9.17, 15) is 8.42 Å². The van der Waals surface area contributed by atoms with Gasteiger partial charge in [-0.1, -0.05) is 20.8 Å². The Morgan fingerprint density at radius 3 is 2.29 bits per heavy atom. The van der Waals surface area contributed by atoms with E-state index in [0.717, 1.165) is 4.47 Å². The lowest BCUT2D eigenvalue weighted by atomic mass is 10.2. The first-order valence-corrected chi connectivity index (χ1v) is 7.83. The van der Waals surface area contributed by atoms with Gasteiger partial charge in [0.25, 0.3) is 10.0 Å². The van der Waals surface area contributed by atoms with Gasteiger partial charge in [-0.3, -0.25) is 4.84 Å². The van der Waals surface area contributed by atoms with Crippen LogP contribution in [0.2, 0.25) is 0 Å². The third-order valence-corrected chi connectivity index (χ3v) is 4.29. The molecular weight excluding hydrogens is 374 g/mol. The van der Waals surface area contributed by atoms with Crippen molar-refractivity contribution in [3.8, 4) is 0 Å². The number of rotatable bonds is 3. The van der Waals surface area contributed by atoms with Crippen LogP contribution in [0, 0.1) is 0 Å². The lowest BCUT2D eigenvalue weighted by Gasteiger charge is -2.19. The fraction of sp³-hybridized carbons (Fsp3) is 0.400. The van der Waals surface area contributed by atoms with Crippen molar-refractivity contribution < 1.29 is 13.3 Å². The first kappa shape index (κ1) is 15.1. The Morgan fingerprint density at radius 2 is 1.82 bits per heavy atom. The van der Waals surface area contributed by atoms with Crippen molar-refractivity contribution in [2.75, 3.05) is 0 Å². The van der Waals surface area contributed by atoms with Gasteiger partial charge < -0.3 is 0 Å². The number of benzene rings is 1. The van der Waals surface area contributed by atoms with E-state index in [1.165, 1.54) is 6.07 Å². The lowest BCUT2D eigenvalue weighted by molar-refractivity contribution is -0.0357. The SMILES string of the molecule is CC(C)(C)ONS(=O)(=O)c1ccc(Br)cc1Br. The summed E-state index contributed by atoms with van der Waals surface area (Å²) in [5.74, 6) is 0. The van der Waals surface area contributed by atoms with Crippen molar-refractivity contribution >= 4 is 41.9 Å². The van der Waals surface area contributed by atoms with Crippen molar-refractivity contribution in [2.24, 2.45) is 0 Å². The highest BCUT2D eigenvalue weighted by atomic mass is 79.9. The first-order valence-electron chi connectivity index (χ1n) is 4.77. The van der Waals surface area contributed by atoms with E-state index >= 15 is 0 Å². The topological polar surface area (TPSA) is 55.4 Å². The molecule has 0 aliphatic heterocycles. The van der Waals surface area contributed by atoms with Crippen molar-refractivity contribution in [1.82, 2.24) is 4.89 Å². The summed E-state index contributed by atoms with van der Waals surface area (Å²) < 4.78 is 25.1. The predicted octanol–water partition coefficient (Wildman–Crippen LogP) is 3.22. The van der Waals surface area contributed by atoms with Crippen molar-refractivity contribution in [1.29, 1.82) is 0 Å². The quantitative estimate of drug-likeness (QED) is 0.811. The van der Waals surface area contributed by atoms with Crippen molar-refractivity contribution in [3.05, 3.63) is 27.1 Å². The van der Waals surface area contributed by atoms with Crippen LogP contribution in [0.4, 0.5) is 0 Å². The molecule has 1 N–H and O–H groups in total. The molecule has 0 atom stereocenters. The number of halogens is 2. The molecule has 4 nitrogen and oxygen atoms in total. The van der Waals surface area contributed by atoms with Gasteiger partial charge in [-0.15, -0.1) is 0 Å². The second kappa shape index (κ2) is 5.36. The summed E-state index contributed by atoms with van der Waals surface area (Å²) in [6.45, 7) is 5.27. The van der Waals surface area contributed by atoms with Gasteiger partial charge in [0.15, 0.2) is 0 Å². The Kier molecular flexibility index (Phi) is 4.76. The van der Waals surface area contributed by atoms with Crippen LogP contribution in [0.1, 0.15) is 20.8 Å². The molecule has 0 fully saturated rings. The molecule has 0 radical (unpaired) electrons. The molecule has 0 saturated carbocycles. The Morgan fingerprint density at radius 1 is 1.24 bits per heavy atom. The fourth-order valence-corrected chi connectivity index (χ4v) is 3.62. The summed E-state index contributed by atoms with van der Waals surface area (Å²) in [5.41, 5.74) is -0.588. The van der Waals surface area contributed by atoms with Gasteiger partial charge in [0.2, 0.25) is 0 Å². The minimum Gasteiger partial charge on any atom is -0.281 e. The minimum absolute atomic E-state index is 0.130. The van der Waals surface area contributed by atoms with Gasteiger partial charge in [-0.05, 0) is 54.9 Å². The second-order valence-corrected chi connectivity index (χ2v) is 7.76. The molecule has 0 bridgehead atoms.